The quantitative estimate of drug-likeness (QED) is 0.431. The van der Waals surface area contributed by atoms with E-state index in [9.17, 15) is 9.59 Å². The number of nitrogens with one attached hydrogen (secondary N) is 2. The van der Waals surface area contributed by atoms with Gasteiger partial charge >= 0.3 is 0 Å². The zero-order valence-corrected chi connectivity index (χ0v) is 20.0. The Kier molecular flexibility index (Phi) is 8.39. The molecule has 3 heterocycles. The highest BCUT2D eigenvalue weighted by Crippen LogP contribution is 2.24. The normalized spacial score (nSPS) is 20.5. The minimum atomic E-state index is -0.403. The van der Waals surface area contributed by atoms with E-state index in [-0.39, 0.29) is 11.9 Å². The summed E-state index contributed by atoms with van der Waals surface area (Å²) in [4.78, 5) is 36.1. The van der Waals surface area contributed by atoms with Crippen molar-refractivity contribution in [3.63, 3.8) is 0 Å². The molecule has 34 heavy (non-hydrogen) atoms. The van der Waals surface area contributed by atoms with Crippen molar-refractivity contribution >= 4 is 46.9 Å². The number of benzene rings is 1. The van der Waals surface area contributed by atoms with E-state index >= 15 is 0 Å². The number of nitrogens with zero attached hydrogens (tertiary/aromatic N) is 2. The zero-order chi connectivity index (χ0) is 23.9. The van der Waals surface area contributed by atoms with Crippen molar-refractivity contribution in [1.29, 1.82) is 0 Å². The van der Waals surface area contributed by atoms with E-state index in [4.69, 9.17) is 32.8 Å². The van der Waals surface area contributed by atoms with Crippen molar-refractivity contribution < 1.29 is 19.2 Å². The molecule has 180 valence electrons. The summed E-state index contributed by atoms with van der Waals surface area (Å²) in [7, 11) is 0. The highest BCUT2D eigenvalue weighted by molar-refractivity contribution is 6.33. The van der Waals surface area contributed by atoms with Crippen molar-refractivity contribution in [1.82, 2.24) is 15.4 Å². The van der Waals surface area contributed by atoms with Crippen LogP contribution in [0, 0.1) is 0 Å². The number of carbonyl (C=O) groups is 2. The van der Waals surface area contributed by atoms with Gasteiger partial charge < -0.3 is 15.0 Å². The molecule has 0 aliphatic carbocycles. The molecule has 2 aromatic rings. The van der Waals surface area contributed by atoms with Crippen molar-refractivity contribution in [2.24, 2.45) is 0 Å². The van der Waals surface area contributed by atoms with Gasteiger partial charge in [0.05, 0.1) is 5.02 Å². The number of amides is 2. The van der Waals surface area contributed by atoms with Crippen LogP contribution in [0.3, 0.4) is 0 Å². The number of anilines is 1. The van der Waals surface area contributed by atoms with Gasteiger partial charge in [0.2, 0.25) is 0 Å². The molecular weight excluding hydrogens is 479 g/mol. The summed E-state index contributed by atoms with van der Waals surface area (Å²) in [6.45, 7) is 1.80. The minimum Gasteiger partial charge on any atom is -0.364 e. The second-order valence-electron chi connectivity index (χ2n) is 8.20. The van der Waals surface area contributed by atoms with Gasteiger partial charge in [-0.05, 0) is 55.2 Å². The molecule has 1 unspecified atom stereocenters. The lowest BCUT2D eigenvalue weighted by atomic mass is 10.2. The highest BCUT2D eigenvalue weighted by Gasteiger charge is 2.27. The first kappa shape index (κ1) is 24.5. The standard InChI is InChI=1S/C24H26Cl2N4O4/c25-18-5-3-4-17(13-18)24(32)30-10-9-19(15-30)28-23-20(26)12-16(14-27-23)7-8-21(31)29-34-22-6-1-2-11-33-22/h3-5,7-8,12-14,19,22H,1-2,6,9-11,15H2,(H,27,28)(H,29,31)/b8-7+/t19-,22?/m1/s1. The number of hydrogen-bond acceptors (Lipinski definition) is 6. The number of likely N-dealkylation sites (tertiary alicyclic amines) is 1. The molecule has 2 fully saturated rings. The van der Waals surface area contributed by atoms with Crippen LogP contribution in [-0.4, -0.2) is 53.7 Å². The predicted octanol–water partition coefficient (Wildman–Crippen LogP) is 4.30. The summed E-state index contributed by atoms with van der Waals surface area (Å²) >= 11 is 12.4. The lowest BCUT2D eigenvalue weighted by molar-refractivity contribution is -0.198. The van der Waals surface area contributed by atoms with Crippen molar-refractivity contribution in [2.75, 3.05) is 25.0 Å². The molecule has 0 bridgehead atoms. The number of ether oxygens (including phenoxy) is 1. The van der Waals surface area contributed by atoms with Crippen LogP contribution in [0.4, 0.5) is 5.82 Å². The van der Waals surface area contributed by atoms with Gasteiger partial charge in [0.1, 0.15) is 5.82 Å². The van der Waals surface area contributed by atoms with Crippen molar-refractivity contribution in [3.8, 4) is 0 Å². The fourth-order valence-corrected chi connectivity index (χ4v) is 4.26. The molecule has 1 aromatic carbocycles. The first-order chi connectivity index (χ1) is 16.5. The molecule has 2 N–H and O–H groups in total. The number of rotatable bonds is 7. The molecule has 2 atom stereocenters. The molecule has 1 aromatic heterocycles. The average Bonchev–Trinajstić information content (AvgIpc) is 3.31. The number of halogens is 2. The molecular formula is C24H26Cl2N4O4. The highest BCUT2D eigenvalue weighted by atomic mass is 35.5. The van der Waals surface area contributed by atoms with Crippen molar-refractivity contribution in [2.45, 2.75) is 38.0 Å². The molecule has 0 saturated carbocycles. The largest absolute Gasteiger partial charge is 0.364 e. The molecule has 10 heteroatoms. The van der Waals surface area contributed by atoms with Gasteiger partial charge in [-0.2, -0.15) is 0 Å². The van der Waals surface area contributed by atoms with Gasteiger partial charge in [-0.15, -0.1) is 0 Å². The monoisotopic (exact) mass is 504 g/mol. The molecule has 2 amide bonds. The second-order valence-corrected chi connectivity index (χ2v) is 9.05. The average molecular weight is 505 g/mol. The van der Waals surface area contributed by atoms with E-state index in [0.717, 1.165) is 25.7 Å². The topological polar surface area (TPSA) is 92.8 Å². The molecule has 2 saturated heterocycles. The van der Waals surface area contributed by atoms with E-state index in [1.165, 1.54) is 6.08 Å². The summed E-state index contributed by atoms with van der Waals surface area (Å²) in [6, 6.07) is 8.69. The van der Waals surface area contributed by atoms with E-state index < -0.39 is 12.2 Å². The molecule has 0 spiro atoms. The predicted molar refractivity (Wildman–Crippen MR) is 130 cm³/mol. The lowest BCUT2D eigenvalue weighted by Crippen LogP contribution is -2.32. The summed E-state index contributed by atoms with van der Waals surface area (Å²) in [5.74, 6) is 0.0784. The minimum absolute atomic E-state index is 0.0273. The fourth-order valence-electron chi connectivity index (χ4n) is 3.84. The van der Waals surface area contributed by atoms with Crippen LogP contribution in [0.1, 0.15) is 41.6 Å². The lowest BCUT2D eigenvalue weighted by Gasteiger charge is -2.21. The molecule has 2 aliphatic heterocycles. The number of carbonyl (C=O) groups excluding carboxylic acids is 2. The molecule has 8 nitrogen and oxygen atoms in total. The Morgan fingerprint density at radius 3 is 2.85 bits per heavy atom. The number of pyridine rings is 1. The third kappa shape index (κ3) is 6.70. The zero-order valence-electron chi connectivity index (χ0n) is 18.5. The first-order valence-electron chi connectivity index (χ1n) is 11.2. The van der Waals surface area contributed by atoms with Gasteiger partial charge in [-0.1, -0.05) is 29.3 Å². The Morgan fingerprint density at radius 2 is 2.09 bits per heavy atom. The van der Waals surface area contributed by atoms with E-state index in [1.54, 1.807) is 47.5 Å². The summed E-state index contributed by atoms with van der Waals surface area (Å²) in [5, 5.41) is 4.27. The smallest absolute Gasteiger partial charge is 0.267 e. The summed E-state index contributed by atoms with van der Waals surface area (Å²) in [5.41, 5.74) is 3.61. The van der Waals surface area contributed by atoms with Gasteiger partial charge in [0.15, 0.2) is 6.29 Å². The van der Waals surface area contributed by atoms with Crippen molar-refractivity contribution in [3.05, 3.63) is 63.8 Å². The van der Waals surface area contributed by atoms with Gasteiger partial charge in [-0.25, -0.2) is 15.3 Å². The Balaban J connectivity index is 1.27. The van der Waals surface area contributed by atoms with E-state index in [2.05, 4.69) is 15.8 Å². The van der Waals surface area contributed by atoms with Gasteiger partial charge in [-0.3, -0.25) is 9.59 Å². The van der Waals surface area contributed by atoms with Crippen LogP contribution >= 0.6 is 23.2 Å². The maximum Gasteiger partial charge on any atom is 0.267 e. The number of hydroxylamine groups is 1. The summed E-state index contributed by atoms with van der Waals surface area (Å²) < 4.78 is 5.40. The maximum atomic E-state index is 12.7. The third-order valence-corrected chi connectivity index (χ3v) is 6.13. The van der Waals surface area contributed by atoms with Gasteiger partial charge in [0.25, 0.3) is 11.8 Å². The van der Waals surface area contributed by atoms with E-state index in [0.29, 0.717) is 46.7 Å². The van der Waals surface area contributed by atoms with Crippen LogP contribution < -0.4 is 10.8 Å². The number of hydrogen-bond donors (Lipinski definition) is 2. The maximum absolute atomic E-state index is 12.7. The third-order valence-electron chi connectivity index (χ3n) is 5.61. The second kappa shape index (κ2) is 11.7. The Morgan fingerprint density at radius 1 is 1.21 bits per heavy atom. The van der Waals surface area contributed by atoms with Crippen LogP contribution in [-0.2, 0) is 14.4 Å². The van der Waals surface area contributed by atoms with Crippen LogP contribution in [0.5, 0.6) is 0 Å². The first-order valence-corrected chi connectivity index (χ1v) is 12.0. The van der Waals surface area contributed by atoms with Crippen LogP contribution in [0.2, 0.25) is 10.0 Å². The molecule has 4 rings (SSSR count). The SMILES string of the molecule is O=C(/C=C/c1cnc(N[C@@H]2CCN(C(=O)c3cccc(Cl)c3)C2)c(Cl)c1)NOC1CCCCO1. The van der Waals surface area contributed by atoms with E-state index in [1.807, 2.05) is 0 Å². The Labute approximate surface area is 208 Å². The summed E-state index contributed by atoms with van der Waals surface area (Å²) in [6.07, 6.45) is 7.71. The molecule has 2 aliphatic rings. The Bertz CT molecular complexity index is 1060. The Hall–Kier alpha value is -2.65. The number of aromatic nitrogens is 1. The van der Waals surface area contributed by atoms with Gasteiger partial charge in [0, 0.05) is 55.0 Å². The van der Waals surface area contributed by atoms with Crippen LogP contribution in [0.25, 0.3) is 6.08 Å². The van der Waals surface area contributed by atoms with Crippen LogP contribution in [0.15, 0.2) is 42.6 Å². The molecule has 0 radical (unpaired) electrons. The fraction of sp³-hybridized carbons (Fsp3) is 0.375.